The zero-order chi connectivity index (χ0) is 10.8. The molecule has 2 heterocycles. The molecule has 0 atom stereocenters. The molecule has 0 radical (unpaired) electrons. The Morgan fingerprint density at radius 3 is 1.44 bits per heavy atom. The van der Waals surface area contributed by atoms with Crippen LogP contribution < -0.4 is 0 Å². The second kappa shape index (κ2) is 3.50. The lowest BCUT2D eigenvalue weighted by Gasteiger charge is -2.01. The maximum Gasteiger partial charge on any atom is 0.143 e. The van der Waals surface area contributed by atoms with Gasteiger partial charge in [0.2, 0.25) is 0 Å². The van der Waals surface area contributed by atoms with E-state index in [9.17, 15) is 0 Å². The van der Waals surface area contributed by atoms with Crippen LogP contribution in [-0.4, -0.2) is 40.4 Å². The molecule has 2 aromatic heterocycles. The summed E-state index contributed by atoms with van der Waals surface area (Å²) in [6.45, 7) is 0. The van der Waals surface area contributed by atoms with Crippen molar-refractivity contribution < 1.29 is 0 Å². The maximum absolute atomic E-state index is 3.79. The van der Waals surface area contributed by atoms with Crippen LogP contribution in [0.2, 0.25) is 0 Å². The van der Waals surface area contributed by atoms with Gasteiger partial charge in [0.25, 0.3) is 0 Å². The van der Waals surface area contributed by atoms with Crippen LogP contribution in [0, 0.1) is 0 Å². The molecule has 0 fully saturated rings. The largest absolute Gasteiger partial charge is 0.201 e. The van der Waals surface area contributed by atoms with Gasteiger partial charge in [0.15, 0.2) is 0 Å². The molecule has 0 aliphatic carbocycles. The molecule has 0 unspecified atom stereocenters. The van der Waals surface area contributed by atoms with Crippen LogP contribution in [-0.2, 0) is 0 Å². The molecule has 0 aliphatic heterocycles. The normalized spacial score (nSPS) is 10.5. The number of rotatable bonds is 2. The quantitative estimate of drug-likeness (QED) is 0.578. The van der Waals surface area contributed by atoms with E-state index in [1.54, 1.807) is 9.36 Å². The molecule has 0 N–H and O–H groups in total. The molecule has 78 valence electrons. The van der Waals surface area contributed by atoms with Crippen molar-refractivity contribution in [2.24, 2.45) is 0 Å². The molecule has 0 saturated heterocycles. The van der Waals surface area contributed by atoms with Gasteiger partial charge in [-0.3, -0.25) is 0 Å². The fourth-order valence-corrected chi connectivity index (χ4v) is 1.32. The number of nitrogens with zero attached hydrogens (tertiary/aromatic N) is 8. The van der Waals surface area contributed by atoms with E-state index in [4.69, 9.17) is 0 Å². The van der Waals surface area contributed by atoms with Crippen LogP contribution >= 0.6 is 0 Å². The zero-order valence-corrected chi connectivity index (χ0v) is 8.04. The van der Waals surface area contributed by atoms with Gasteiger partial charge in [-0.15, -0.1) is 10.2 Å². The summed E-state index contributed by atoms with van der Waals surface area (Å²) in [4.78, 5) is 0. The molecule has 0 bridgehead atoms. The molecule has 0 saturated carbocycles. The van der Waals surface area contributed by atoms with Crippen LogP contribution in [0.1, 0.15) is 0 Å². The molecular weight excluding hydrogens is 208 g/mol. The molecule has 0 aliphatic rings. The second-order valence-corrected chi connectivity index (χ2v) is 3.03. The van der Waals surface area contributed by atoms with Crippen LogP contribution in [0.15, 0.2) is 36.9 Å². The van der Waals surface area contributed by atoms with Crippen molar-refractivity contribution in [1.29, 1.82) is 0 Å². The van der Waals surface area contributed by atoms with Crippen LogP contribution in [0.25, 0.3) is 11.4 Å². The predicted octanol–water partition coefficient (Wildman–Crippen LogP) is -0.362. The van der Waals surface area contributed by atoms with Gasteiger partial charge < -0.3 is 0 Å². The molecular formula is C8H6N8. The van der Waals surface area contributed by atoms with E-state index in [0.717, 1.165) is 11.4 Å². The Balaban J connectivity index is 1.97. The number of benzene rings is 1. The third kappa shape index (κ3) is 1.41. The molecule has 3 aromatic rings. The average Bonchev–Trinajstić information content (AvgIpc) is 3.03. The van der Waals surface area contributed by atoms with E-state index >= 15 is 0 Å². The minimum Gasteiger partial charge on any atom is -0.201 e. The lowest BCUT2D eigenvalue weighted by atomic mass is 10.3. The summed E-state index contributed by atoms with van der Waals surface area (Å²) in [6.07, 6.45) is 3.07. The highest BCUT2D eigenvalue weighted by molar-refractivity contribution is 5.39. The predicted molar refractivity (Wildman–Crippen MR) is 51.9 cm³/mol. The minimum absolute atomic E-state index is 0.877. The summed E-state index contributed by atoms with van der Waals surface area (Å²) in [5.74, 6) is 0. The standard InChI is InChI=1S/C8H6N8/c1-2-8(16-6-10-12-14-16)4-3-7(1)15-5-9-11-13-15/h1-6H. The number of aromatic nitrogens is 8. The first kappa shape index (κ1) is 8.65. The Labute approximate surface area is 89.5 Å². The fourth-order valence-electron chi connectivity index (χ4n) is 1.32. The molecule has 0 spiro atoms. The summed E-state index contributed by atoms with van der Waals surface area (Å²) < 4.78 is 3.15. The van der Waals surface area contributed by atoms with Gasteiger partial charge >= 0.3 is 0 Å². The van der Waals surface area contributed by atoms with E-state index in [-0.39, 0.29) is 0 Å². The number of tetrazole rings is 2. The van der Waals surface area contributed by atoms with E-state index in [1.165, 1.54) is 12.7 Å². The van der Waals surface area contributed by atoms with Crippen molar-refractivity contribution in [3.8, 4) is 11.4 Å². The lowest BCUT2D eigenvalue weighted by molar-refractivity contribution is 0.780. The molecule has 16 heavy (non-hydrogen) atoms. The number of hydrogen-bond acceptors (Lipinski definition) is 6. The summed E-state index contributed by atoms with van der Waals surface area (Å²) in [6, 6.07) is 7.53. The monoisotopic (exact) mass is 214 g/mol. The first-order valence-electron chi connectivity index (χ1n) is 4.50. The van der Waals surface area contributed by atoms with Crippen molar-refractivity contribution in [2.75, 3.05) is 0 Å². The smallest absolute Gasteiger partial charge is 0.143 e. The molecule has 8 heteroatoms. The highest BCUT2D eigenvalue weighted by Crippen LogP contribution is 2.09. The fraction of sp³-hybridized carbons (Fsp3) is 0. The molecule has 8 nitrogen and oxygen atoms in total. The highest BCUT2D eigenvalue weighted by Gasteiger charge is 2.00. The van der Waals surface area contributed by atoms with Gasteiger partial charge in [0.1, 0.15) is 12.7 Å². The van der Waals surface area contributed by atoms with Gasteiger partial charge in [-0.2, -0.15) is 0 Å². The summed E-state index contributed by atoms with van der Waals surface area (Å²) in [7, 11) is 0. The topological polar surface area (TPSA) is 87.2 Å². The third-order valence-electron chi connectivity index (χ3n) is 2.08. The van der Waals surface area contributed by atoms with Crippen molar-refractivity contribution >= 4 is 0 Å². The van der Waals surface area contributed by atoms with Gasteiger partial charge in [0, 0.05) is 0 Å². The summed E-state index contributed by atoms with van der Waals surface area (Å²) in [5.41, 5.74) is 1.75. The van der Waals surface area contributed by atoms with Gasteiger partial charge in [-0.05, 0) is 45.1 Å². The van der Waals surface area contributed by atoms with Gasteiger partial charge in [-0.1, -0.05) is 0 Å². The Bertz CT molecular complexity index is 499. The Morgan fingerprint density at radius 2 is 1.12 bits per heavy atom. The first-order valence-corrected chi connectivity index (χ1v) is 4.50. The van der Waals surface area contributed by atoms with Gasteiger partial charge in [0.05, 0.1) is 11.4 Å². The first-order chi connectivity index (χ1) is 7.93. The van der Waals surface area contributed by atoms with E-state index in [0.29, 0.717) is 0 Å². The Hall–Kier alpha value is -2.64. The molecule has 1 aromatic carbocycles. The summed E-state index contributed by atoms with van der Waals surface area (Å²) >= 11 is 0. The molecule has 0 amide bonds. The minimum atomic E-state index is 0.877. The average molecular weight is 214 g/mol. The summed E-state index contributed by atoms with van der Waals surface area (Å²) in [5, 5.41) is 21.8. The van der Waals surface area contributed by atoms with Gasteiger partial charge in [-0.25, -0.2) is 9.36 Å². The van der Waals surface area contributed by atoms with E-state index in [1.807, 2.05) is 24.3 Å². The van der Waals surface area contributed by atoms with Crippen molar-refractivity contribution in [2.45, 2.75) is 0 Å². The van der Waals surface area contributed by atoms with Crippen molar-refractivity contribution in [1.82, 2.24) is 40.4 Å². The SMILES string of the molecule is c1cc(-n2cnnn2)ccc1-n1cnnn1. The van der Waals surface area contributed by atoms with Crippen LogP contribution in [0.4, 0.5) is 0 Å². The highest BCUT2D eigenvalue weighted by atomic mass is 15.5. The van der Waals surface area contributed by atoms with Crippen molar-refractivity contribution in [3.63, 3.8) is 0 Å². The third-order valence-corrected chi connectivity index (χ3v) is 2.08. The number of hydrogen-bond donors (Lipinski definition) is 0. The van der Waals surface area contributed by atoms with E-state index in [2.05, 4.69) is 31.1 Å². The molecule has 3 rings (SSSR count). The lowest BCUT2D eigenvalue weighted by Crippen LogP contribution is -1.98. The van der Waals surface area contributed by atoms with Crippen molar-refractivity contribution in [3.05, 3.63) is 36.9 Å². The maximum atomic E-state index is 3.79. The van der Waals surface area contributed by atoms with E-state index < -0.39 is 0 Å². The van der Waals surface area contributed by atoms with Crippen LogP contribution in [0.5, 0.6) is 0 Å². The Kier molecular flexibility index (Phi) is 1.89. The zero-order valence-electron chi connectivity index (χ0n) is 8.04. The second-order valence-electron chi connectivity index (χ2n) is 3.03. The Morgan fingerprint density at radius 1 is 0.688 bits per heavy atom. The van der Waals surface area contributed by atoms with Crippen LogP contribution in [0.3, 0.4) is 0 Å².